The van der Waals surface area contributed by atoms with Gasteiger partial charge >= 0.3 is 5.97 Å². The van der Waals surface area contributed by atoms with Crippen molar-refractivity contribution < 1.29 is 18.9 Å². The second kappa shape index (κ2) is 6.03. The van der Waals surface area contributed by atoms with E-state index in [-0.39, 0.29) is 29.0 Å². The topological polar surface area (TPSA) is 83.5 Å². The Morgan fingerprint density at radius 1 is 1.37 bits per heavy atom. The van der Waals surface area contributed by atoms with Crippen molar-refractivity contribution in [3.63, 3.8) is 0 Å². The van der Waals surface area contributed by atoms with E-state index >= 15 is 0 Å². The van der Waals surface area contributed by atoms with Gasteiger partial charge in [-0.3, -0.25) is 13.8 Å². The van der Waals surface area contributed by atoms with Crippen LogP contribution in [0.15, 0.2) is 0 Å². The maximum atomic E-state index is 11.9. The minimum absolute atomic E-state index is 0.0369. The highest BCUT2D eigenvalue weighted by molar-refractivity contribution is 7.85. The van der Waals surface area contributed by atoms with Crippen LogP contribution in [0.4, 0.5) is 0 Å². The van der Waals surface area contributed by atoms with E-state index in [4.69, 9.17) is 5.11 Å². The van der Waals surface area contributed by atoms with Gasteiger partial charge in [-0.25, -0.2) is 0 Å². The van der Waals surface area contributed by atoms with E-state index in [0.29, 0.717) is 5.75 Å². The first-order valence-corrected chi connectivity index (χ1v) is 8.05. The number of rotatable bonds is 8. The lowest BCUT2D eigenvalue weighted by molar-refractivity contribution is -0.138. The summed E-state index contributed by atoms with van der Waals surface area (Å²) in [5.74, 6) is -0.799. The van der Waals surface area contributed by atoms with Gasteiger partial charge in [-0.05, 0) is 38.5 Å². The van der Waals surface area contributed by atoms with Crippen LogP contribution >= 0.6 is 0 Å². The molecule has 0 aromatic carbocycles. The van der Waals surface area contributed by atoms with Crippen LogP contribution in [0.1, 0.15) is 46.5 Å². The van der Waals surface area contributed by atoms with Crippen LogP contribution in [0.25, 0.3) is 0 Å². The molecule has 1 amide bonds. The van der Waals surface area contributed by atoms with E-state index in [1.165, 1.54) is 0 Å². The highest BCUT2D eigenvalue weighted by Crippen LogP contribution is 2.49. The van der Waals surface area contributed by atoms with Gasteiger partial charge in [0.25, 0.3) is 0 Å². The molecule has 0 saturated heterocycles. The number of carboxylic acid groups (broad SMARTS) is 1. The monoisotopic (exact) mass is 289 g/mol. The van der Waals surface area contributed by atoms with Crippen molar-refractivity contribution >= 4 is 22.7 Å². The molecule has 1 atom stereocenters. The summed E-state index contributed by atoms with van der Waals surface area (Å²) in [5, 5.41) is 11.6. The molecule has 0 aromatic heterocycles. The third-order valence-electron chi connectivity index (χ3n) is 3.60. The quantitative estimate of drug-likeness (QED) is 0.705. The molecule has 1 saturated carbocycles. The van der Waals surface area contributed by atoms with Gasteiger partial charge in [0.1, 0.15) is 5.75 Å². The Bertz CT molecular complexity index is 388. The number of carboxylic acids is 1. The summed E-state index contributed by atoms with van der Waals surface area (Å²) < 4.78 is 11.9. The highest BCUT2D eigenvalue weighted by Gasteiger charge is 2.45. The number of amides is 1. The zero-order valence-corrected chi connectivity index (χ0v) is 12.6. The fourth-order valence-electron chi connectivity index (χ4n) is 1.91. The first-order chi connectivity index (χ1) is 8.68. The molecule has 1 fully saturated rings. The minimum Gasteiger partial charge on any atom is -0.481 e. The van der Waals surface area contributed by atoms with Gasteiger partial charge in [0.15, 0.2) is 0 Å². The first-order valence-electron chi connectivity index (χ1n) is 6.56. The van der Waals surface area contributed by atoms with Crippen LogP contribution in [0.5, 0.6) is 0 Å². The van der Waals surface area contributed by atoms with E-state index in [2.05, 4.69) is 5.32 Å². The molecule has 0 aromatic rings. The van der Waals surface area contributed by atoms with Gasteiger partial charge < -0.3 is 10.4 Å². The Kier molecular flexibility index (Phi) is 5.12. The van der Waals surface area contributed by atoms with E-state index in [1.807, 2.05) is 20.8 Å². The summed E-state index contributed by atoms with van der Waals surface area (Å²) in [4.78, 5) is 22.4. The van der Waals surface area contributed by atoms with Crippen LogP contribution in [0, 0.1) is 5.41 Å². The lowest BCUT2D eigenvalue weighted by Crippen LogP contribution is -2.45. The van der Waals surface area contributed by atoms with Crippen molar-refractivity contribution in [2.45, 2.75) is 52.0 Å². The Labute approximate surface area is 116 Å². The van der Waals surface area contributed by atoms with E-state index < -0.39 is 16.8 Å². The lowest BCUT2D eigenvalue weighted by atomic mass is 10.0. The summed E-state index contributed by atoms with van der Waals surface area (Å²) in [7, 11) is -1.29. The van der Waals surface area contributed by atoms with Gasteiger partial charge in [0, 0.05) is 22.1 Å². The fraction of sp³-hybridized carbons (Fsp3) is 0.846. The van der Waals surface area contributed by atoms with Gasteiger partial charge in [-0.15, -0.1) is 0 Å². The lowest BCUT2D eigenvalue weighted by Gasteiger charge is -2.24. The summed E-state index contributed by atoms with van der Waals surface area (Å²) in [5.41, 5.74) is -0.614. The van der Waals surface area contributed by atoms with Crippen molar-refractivity contribution in [2.24, 2.45) is 5.41 Å². The second-order valence-electron chi connectivity index (χ2n) is 6.08. The smallest absolute Gasteiger partial charge is 0.303 e. The Hall–Kier alpha value is -0.910. The molecule has 5 nitrogen and oxygen atoms in total. The van der Waals surface area contributed by atoms with Crippen molar-refractivity contribution in [1.82, 2.24) is 5.32 Å². The second-order valence-corrected chi connectivity index (χ2v) is 7.54. The summed E-state index contributed by atoms with van der Waals surface area (Å²) >= 11 is 0. The number of hydrogen-bond donors (Lipinski definition) is 2. The Balaban J connectivity index is 2.40. The fourth-order valence-corrected chi connectivity index (χ4v) is 3.45. The highest BCUT2D eigenvalue weighted by atomic mass is 32.2. The molecule has 0 aliphatic heterocycles. The standard InChI is InChI=1S/C13H23NO4S/c1-4-12(2,3)14-10(15)8-19(18)9-13(5-6-13)7-11(16)17/h4-9H2,1-3H3,(H,14,15)(H,16,17). The number of carbonyl (C=O) groups excluding carboxylic acids is 1. The minimum atomic E-state index is -1.29. The average Bonchev–Trinajstić information content (AvgIpc) is 2.94. The van der Waals surface area contributed by atoms with Gasteiger partial charge in [0.05, 0.1) is 6.42 Å². The Morgan fingerprint density at radius 3 is 2.37 bits per heavy atom. The normalized spacial score (nSPS) is 18.7. The predicted octanol–water partition coefficient (Wildman–Crippen LogP) is 1.29. The van der Waals surface area contributed by atoms with Crippen molar-refractivity contribution in [3.8, 4) is 0 Å². The number of nitrogens with one attached hydrogen (secondary N) is 1. The third kappa shape index (κ3) is 5.72. The predicted molar refractivity (Wildman–Crippen MR) is 74.3 cm³/mol. The Morgan fingerprint density at radius 2 is 1.95 bits per heavy atom. The van der Waals surface area contributed by atoms with Crippen LogP contribution in [0.3, 0.4) is 0 Å². The molecule has 6 heteroatoms. The maximum absolute atomic E-state index is 11.9. The molecule has 2 N–H and O–H groups in total. The molecule has 0 heterocycles. The summed E-state index contributed by atoms with van der Waals surface area (Å²) in [6, 6.07) is 0. The molecule has 1 aliphatic rings. The summed E-state index contributed by atoms with van der Waals surface area (Å²) in [6.07, 6.45) is 2.45. The maximum Gasteiger partial charge on any atom is 0.303 e. The third-order valence-corrected chi connectivity index (χ3v) is 5.12. The summed E-state index contributed by atoms with van der Waals surface area (Å²) in [6.45, 7) is 5.81. The molecule has 1 aliphatic carbocycles. The number of carbonyl (C=O) groups is 2. The van der Waals surface area contributed by atoms with Crippen molar-refractivity contribution in [3.05, 3.63) is 0 Å². The van der Waals surface area contributed by atoms with Gasteiger partial charge in [0.2, 0.25) is 5.91 Å². The molecule has 19 heavy (non-hydrogen) atoms. The van der Waals surface area contributed by atoms with Crippen LogP contribution < -0.4 is 5.32 Å². The van der Waals surface area contributed by atoms with Gasteiger partial charge in [-0.1, -0.05) is 6.92 Å². The van der Waals surface area contributed by atoms with Crippen LogP contribution in [-0.2, 0) is 20.4 Å². The van der Waals surface area contributed by atoms with Crippen LogP contribution in [0.2, 0.25) is 0 Å². The zero-order valence-electron chi connectivity index (χ0n) is 11.8. The van der Waals surface area contributed by atoms with E-state index in [1.54, 1.807) is 0 Å². The largest absolute Gasteiger partial charge is 0.481 e. The molecular weight excluding hydrogens is 266 g/mol. The SMILES string of the molecule is CCC(C)(C)NC(=O)CS(=O)CC1(CC(=O)O)CC1. The molecule has 0 spiro atoms. The number of aliphatic carboxylic acids is 1. The number of hydrogen-bond acceptors (Lipinski definition) is 3. The molecule has 1 unspecified atom stereocenters. The van der Waals surface area contributed by atoms with Crippen LogP contribution in [-0.4, -0.2) is 38.2 Å². The van der Waals surface area contributed by atoms with Gasteiger partial charge in [-0.2, -0.15) is 0 Å². The average molecular weight is 289 g/mol. The van der Waals surface area contributed by atoms with Crippen molar-refractivity contribution in [1.29, 1.82) is 0 Å². The molecule has 0 radical (unpaired) electrons. The van der Waals surface area contributed by atoms with E-state index in [9.17, 15) is 13.8 Å². The first kappa shape index (κ1) is 16.1. The van der Waals surface area contributed by atoms with Crippen molar-refractivity contribution in [2.75, 3.05) is 11.5 Å². The zero-order chi connectivity index (χ0) is 14.7. The molecular formula is C13H23NO4S. The molecule has 1 rings (SSSR count). The van der Waals surface area contributed by atoms with E-state index in [0.717, 1.165) is 19.3 Å². The molecule has 110 valence electrons. The molecule has 0 bridgehead atoms.